The zero-order valence-corrected chi connectivity index (χ0v) is 80.5. The van der Waals surface area contributed by atoms with Gasteiger partial charge < -0.3 is 40.4 Å². The van der Waals surface area contributed by atoms with Crippen molar-refractivity contribution in [2.75, 3.05) is 11.6 Å². The van der Waals surface area contributed by atoms with Crippen LogP contribution in [0.4, 0.5) is 11.4 Å². The van der Waals surface area contributed by atoms with Crippen molar-refractivity contribution in [3.63, 3.8) is 0 Å². The Morgan fingerprint density at radius 3 is 1.17 bits per heavy atom. The summed E-state index contributed by atoms with van der Waals surface area (Å²) in [6, 6.07) is 38.2. The van der Waals surface area contributed by atoms with Crippen LogP contribution in [0.5, 0.6) is 28.7 Å². The van der Waals surface area contributed by atoms with E-state index in [0.29, 0.717) is 56.0 Å². The lowest BCUT2D eigenvalue weighted by molar-refractivity contribution is 0.0817. The summed E-state index contributed by atoms with van der Waals surface area (Å²) in [6.07, 6.45) is 21.7. The van der Waals surface area contributed by atoms with Crippen LogP contribution in [0.15, 0.2) is 187 Å². The molecule has 0 aromatic heterocycles. The molecule has 3 aliphatic carbocycles. The molecular weight excluding hydrogens is 1480 g/mol. The first-order valence-corrected chi connectivity index (χ1v) is 44.7. The molecule has 0 amide bonds. The molecule has 4 unspecified atom stereocenters. The summed E-state index contributed by atoms with van der Waals surface area (Å²) < 4.78 is 0. The first-order valence-electron chi connectivity index (χ1n) is 44.7. The van der Waals surface area contributed by atoms with Gasteiger partial charge >= 0.3 is 0 Å². The van der Waals surface area contributed by atoms with Gasteiger partial charge in [0.1, 0.15) is 28.7 Å². The molecular formula is C113H152N2O6. The summed E-state index contributed by atoms with van der Waals surface area (Å²) in [5, 5.41) is 73.0. The van der Waals surface area contributed by atoms with Gasteiger partial charge in [-0.15, -0.1) is 0 Å². The minimum atomic E-state index is -0.586. The molecule has 3 aliphatic rings. The number of benzene rings is 7. The van der Waals surface area contributed by atoms with Crippen LogP contribution < -0.4 is 4.90 Å². The van der Waals surface area contributed by atoms with E-state index in [1.54, 1.807) is 0 Å². The Morgan fingerprint density at radius 2 is 0.777 bits per heavy atom. The molecule has 0 aliphatic heterocycles. The molecule has 7 aromatic rings. The number of hydrogen-bond donors (Lipinski definition) is 6. The van der Waals surface area contributed by atoms with Gasteiger partial charge in [0.2, 0.25) is 0 Å². The Morgan fingerprint density at radius 1 is 0.388 bits per heavy atom. The van der Waals surface area contributed by atoms with Crippen LogP contribution in [0, 0.1) is 22.7 Å². The smallest absolute Gasteiger partial charge is 0.126 e. The van der Waals surface area contributed by atoms with Crippen molar-refractivity contribution in [2.45, 2.75) is 328 Å². The fourth-order valence-electron chi connectivity index (χ4n) is 18.2. The molecule has 0 saturated heterocycles. The Kier molecular flexibility index (Phi) is 26.7. The molecule has 0 heterocycles. The molecule has 8 nitrogen and oxygen atoms in total. The second-order valence-corrected chi connectivity index (χ2v) is 46.7. The molecule has 0 saturated carbocycles. The maximum absolute atomic E-state index is 12.5. The van der Waals surface area contributed by atoms with Crippen molar-refractivity contribution in [1.29, 1.82) is 0 Å². The SMILES string of the molecule is C=C(C)c1cc(CC2=CC(Cc3cc(C(C)(C)C)c(O)c(C(C)(C)C)c3)CC=C2N(CN(c2ccc(Cc3cc(C(=C)C)c(O)c(C(C)(C)C)c3)cc2)c2ccc(Cc3cc(C(C)(C)C)c(O)c(C(C)(C)C)c3)cc2Cc2cc(C(C)(C)C)c(O)c(C(C)(C)C)c2)C2C=CC(CC3=CC(C(C)(C)C)C(O)C(C(C)(C)C)=C3)=CC2)cc(C(C)(C)C)c1O. The van der Waals surface area contributed by atoms with Gasteiger partial charge in [0, 0.05) is 45.2 Å². The van der Waals surface area contributed by atoms with Crippen molar-refractivity contribution in [2.24, 2.45) is 22.7 Å². The average Bonchev–Trinajstić information content (AvgIpc) is 0.778. The summed E-state index contributed by atoms with van der Waals surface area (Å²) in [6.45, 7) is 78.9. The molecule has 0 radical (unpaired) electrons. The van der Waals surface area contributed by atoms with E-state index < -0.39 is 11.5 Å². The van der Waals surface area contributed by atoms with Crippen LogP contribution in [0.3, 0.4) is 0 Å². The van der Waals surface area contributed by atoms with Crippen molar-refractivity contribution >= 4 is 22.5 Å². The molecule has 8 heteroatoms. The topological polar surface area (TPSA) is 128 Å². The predicted octanol–water partition coefficient (Wildman–Crippen LogP) is 28.7. The van der Waals surface area contributed by atoms with Gasteiger partial charge in [0.05, 0.1) is 18.8 Å². The van der Waals surface area contributed by atoms with Crippen molar-refractivity contribution in [3.05, 3.63) is 287 Å². The molecule has 650 valence electrons. The highest BCUT2D eigenvalue weighted by molar-refractivity contribution is 5.73. The van der Waals surface area contributed by atoms with E-state index in [9.17, 15) is 30.6 Å². The fourth-order valence-corrected chi connectivity index (χ4v) is 18.2. The van der Waals surface area contributed by atoms with Crippen LogP contribution in [0.1, 0.15) is 341 Å². The largest absolute Gasteiger partial charge is 0.507 e. The first kappa shape index (κ1) is 94.3. The highest BCUT2D eigenvalue weighted by atomic mass is 16.3. The minimum Gasteiger partial charge on any atom is -0.507 e. The Balaban J connectivity index is 1.27. The van der Waals surface area contributed by atoms with E-state index in [4.69, 9.17) is 0 Å². The molecule has 0 spiro atoms. The van der Waals surface area contributed by atoms with E-state index in [1.807, 2.05) is 13.8 Å². The Hall–Kier alpha value is -8.98. The lowest BCUT2D eigenvalue weighted by atomic mass is 9.67. The molecule has 7 aromatic carbocycles. The number of allylic oxidation sites excluding steroid dienone is 9. The summed E-state index contributed by atoms with van der Waals surface area (Å²) >= 11 is 0. The third kappa shape index (κ3) is 22.0. The van der Waals surface area contributed by atoms with Gasteiger partial charge in [0.15, 0.2) is 0 Å². The van der Waals surface area contributed by atoms with E-state index in [-0.39, 0.29) is 78.1 Å². The maximum Gasteiger partial charge on any atom is 0.126 e. The van der Waals surface area contributed by atoms with Crippen LogP contribution in [-0.4, -0.2) is 54.4 Å². The van der Waals surface area contributed by atoms with Crippen LogP contribution in [-0.2, 0) is 75.4 Å². The van der Waals surface area contributed by atoms with E-state index in [1.165, 1.54) is 22.3 Å². The number of aromatic hydroxyl groups is 5. The summed E-state index contributed by atoms with van der Waals surface area (Å²) in [7, 11) is 0. The van der Waals surface area contributed by atoms with Gasteiger partial charge in [-0.1, -0.05) is 336 Å². The monoisotopic (exact) mass is 1630 g/mol. The summed E-state index contributed by atoms with van der Waals surface area (Å²) in [4.78, 5) is 5.24. The molecule has 121 heavy (non-hydrogen) atoms. The van der Waals surface area contributed by atoms with Gasteiger partial charge in [-0.2, -0.15) is 0 Å². The Labute approximate surface area is 731 Å². The van der Waals surface area contributed by atoms with Crippen LogP contribution >= 0.6 is 0 Å². The minimum absolute atomic E-state index is 0.0619. The molecule has 0 fully saturated rings. The van der Waals surface area contributed by atoms with Gasteiger partial charge in [-0.3, -0.25) is 0 Å². The number of rotatable bonds is 20. The van der Waals surface area contributed by atoms with Gasteiger partial charge in [-0.25, -0.2) is 0 Å². The molecule has 6 N–H and O–H groups in total. The Bertz CT molecular complexity index is 5160. The third-order valence-electron chi connectivity index (χ3n) is 25.2. The second kappa shape index (κ2) is 34.3. The number of anilines is 2. The van der Waals surface area contributed by atoms with Gasteiger partial charge in [0.25, 0.3) is 0 Å². The number of phenols is 5. The van der Waals surface area contributed by atoms with E-state index >= 15 is 0 Å². The highest BCUT2D eigenvalue weighted by Gasteiger charge is 2.40. The number of aliphatic hydroxyl groups is 1. The summed E-state index contributed by atoms with van der Waals surface area (Å²) in [5.74, 6) is 1.63. The van der Waals surface area contributed by atoms with Crippen molar-refractivity contribution in [1.82, 2.24) is 4.90 Å². The standard InChI is InChI=1S/C113H152N2O6/c1-68(2)84-55-74(57-86(98(84)116)104(5,6)7)47-70-35-41-82(42-36-70)115(97-46-40-73(50-77-62-92(110(23,24)25)102(120)93(63-77)111(26,27)28)52-81(97)54-79-65-94(112(29,30)31)103(121)95(66-79)113(32,33)34)67-114(83-43-37-71(38-44-83)48-75-58-88(106(11,12)13)100(118)89(59-75)107(14,15)16)96-45-39-72(49-76-60-90(108(17,18)19)101(119)91(61-76)109(20,21)22)51-80(96)53-78-56-85(69(3)4)99(117)87(64-78)105(8,9)10/h35-38,40-43,45-46,51-52,55-66,72,83,88,100,116-121H,1,3,39,44,47-50,53-54,67H2,2,4-34H3. The predicted molar refractivity (Wildman–Crippen MR) is 516 cm³/mol. The molecule has 4 atom stereocenters. The number of nitrogens with zero attached hydrogens (tertiary/aromatic N) is 2. The second-order valence-electron chi connectivity index (χ2n) is 46.7. The fraction of sp³-hybridized carbons (Fsp3) is 0.487. The number of hydrogen-bond acceptors (Lipinski definition) is 8. The van der Waals surface area contributed by atoms with Crippen LogP contribution in [0.25, 0.3) is 11.1 Å². The number of aliphatic hydroxyl groups excluding tert-OH is 1. The quantitative estimate of drug-likeness (QED) is 0.0417. The van der Waals surface area contributed by atoms with E-state index in [0.717, 1.165) is 148 Å². The molecule has 10 rings (SSSR count). The van der Waals surface area contributed by atoms with Crippen LogP contribution in [0.2, 0.25) is 0 Å². The lowest BCUT2D eigenvalue weighted by Gasteiger charge is -2.42. The van der Waals surface area contributed by atoms with Crippen molar-refractivity contribution in [3.8, 4) is 28.7 Å². The third-order valence-corrected chi connectivity index (χ3v) is 25.2. The van der Waals surface area contributed by atoms with Gasteiger partial charge in [-0.05, 0) is 267 Å². The summed E-state index contributed by atoms with van der Waals surface area (Å²) in [5.41, 5.74) is 24.0. The zero-order valence-electron chi connectivity index (χ0n) is 80.5. The highest BCUT2D eigenvalue weighted by Crippen LogP contribution is 2.50. The number of phenolic OH excluding ortho intramolecular Hbond substituents is 5. The van der Waals surface area contributed by atoms with Crippen molar-refractivity contribution < 1.29 is 30.6 Å². The van der Waals surface area contributed by atoms with E-state index in [2.05, 4.69) is 376 Å². The average molecular weight is 1630 g/mol. The zero-order chi connectivity index (χ0) is 90.3. The maximum atomic E-state index is 12.5. The lowest BCUT2D eigenvalue weighted by Crippen LogP contribution is -2.43. The normalized spacial score (nSPS) is 17.4. The first-order chi connectivity index (χ1) is 55.4. The molecule has 0 bridgehead atoms.